The van der Waals surface area contributed by atoms with Gasteiger partial charge in [-0.2, -0.15) is 13.2 Å². The van der Waals surface area contributed by atoms with Crippen LogP contribution in [0.15, 0.2) is 72.9 Å². The van der Waals surface area contributed by atoms with Crippen LogP contribution in [0.25, 0.3) is 0 Å². The number of halogens is 3. The van der Waals surface area contributed by atoms with Crippen LogP contribution in [0, 0.1) is 6.92 Å². The van der Waals surface area contributed by atoms with Crippen molar-refractivity contribution < 1.29 is 23.1 Å². The lowest BCUT2D eigenvalue weighted by atomic mass is 10.1. The number of aliphatic hydroxyl groups excluding tert-OH is 1. The molecule has 2 aromatic carbocycles. The first-order valence-corrected chi connectivity index (χ1v) is 9.39. The Morgan fingerprint density at radius 1 is 1.07 bits per heavy atom. The molecule has 0 fully saturated rings. The molecule has 0 aliphatic rings. The first-order chi connectivity index (χ1) is 14.3. The highest BCUT2D eigenvalue weighted by Gasteiger charge is 2.30. The van der Waals surface area contributed by atoms with Gasteiger partial charge in [-0.1, -0.05) is 42.5 Å². The van der Waals surface area contributed by atoms with Gasteiger partial charge in [-0.05, 0) is 48.7 Å². The molecule has 156 valence electrons. The van der Waals surface area contributed by atoms with Crippen molar-refractivity contribution >= 4 is 11.6 Å². The highest BCUT2D eigenvalue weighted by atomic mass is 19.4. The molecule has 0 aliphatic heterocycles. The third kappa shape index (κ3) is 5.24. The third-order valence-corrected chi connectivity index (χ3v) is 4.71. The molecular formula is C23H21F3N2O2. The van der Waals surface area contributed by atoms with E-state index in [1.54, 1.807) is 55.6 Å². The number of aliphatic hydroxyl groups is 1. The Labute approximate surface area is 172 Å². The molecule has 0 radical (unpaired) electrons. The first-order valence-electron chi connectivity index (χ1n) is 9.39. The summed E-state index contributed by atoms with van der Waals surface area (Å²) >= 11 is 0. The summed E-state index contributed by atoms with van der Waals surface area (Å²) in [6.45, 7) is 1.98. The summed E-state index contributed by atoms with van der Waals surface area (Å²) in [6, 6.07) is 16.8. The minimum atomic E-state index is -4.39. The number of aromatic nitrogens is 1. The van der Waals surface area contributed by atoms with E-state index in [2.05, 4.69) is 4.98 Å². The number of carbonyl (C=O) groups excluding carboxylic acids is 1. The number of pyridine rings is 1. The Morgan fingerprint density at radius 2 is 1.73 bits per heavy atom. The van der Waals surface area contributed by atoms with E-state index in [0.717, 1.165) is 12.1 Å². The lowest BCUT2D eigenvalue weighted by Gasteiger charge is -2.26. The van der Waals surface area contributed by atoms with E-state index in [-0.39, 0.29) is 6.54 Å². The van der Waals surface area contributed by atoms with Crippen LogP contribution in [0.4, 0.5) is 18.9 Å². The molecule has 1 unspecified atom stereocenters. The number of aryl methyl sites for hydroxylation is 1. The van der Waals surface area contributed by atoms with Gasteiger partial charge in [0.05, 0.1) is 5.56 Å². The number of alkyl halides is 3. The van der Waals surface area contributed by atoms with Gasteiger partial charge < -0.3 is 10.0 Å². The van der Waals surface area contributed by atoms with Crippen LogP contribution in [-0.4, -0.2) is 22.5 Å². The molecule has 1 atom stereocenters. The number of nitrogens with zero attached hydrogens (tertiary/aromatic N) is 2. The maximum absolute atomic E-state index is 13.1. The summed E-state index contributed by atoms with van der Waals surface area (Å²) in [4.78, 5) is 18.6. The maximum atomic E-state index is 13.1. The average molecular weight is 414 g/mol. The fourth-order valence-corrected chi connectivity index (χ4v) is 3.09. The zero-order chi connectivity index (χ0) is 21.7. The van der Waals surface area contributed by atoms with E-state index in [0.29, 0.717) is 28.9 Å². The molecule has 0 bridgehead atoms. The van der Waals surface area contributed by atoms with E-state index < -0.39 is 23.8 Å². The Hall–Kier alpha value is -3.19. The van der Waals surface area contributed by atoms with Gasteiger partial charge in [-0.15, -0.1) is 0 Å². The molecule has 1 amide bonds. The summed E-state index contributed by atoms with van der Waals surface area (Å²) in [5.74, 6) is -0.515. The molecule has 0 aliphatic carbocycles. The van der Waals surface area contributed by atoms with Crippen LogP contribution in [0.2, 0.25) is 0 Å². The van der Waals surface area contributed by atoms with E-state index in [1.165, 1.54) is 17.0 Å². The van der Waals surface area contributed by atoms with Crippen LogP contribution >= 0.6 is 0 Å². The SMILES string of the molecule is Cc1cc(N(CCc2ccc(C(F)(F)F)cc2)C(=O)C(O)c2ccccc2)ccn1. The summed E-state index contributed by atoms with van der Waals surface area (Å²) < 4.78 is 38.3. The molecule has 0 spiro atoms. The van der Waals surface area contributed by atoms with Crippen LogP contribution < -0.4 is 4.90 Å². The van der Waals surface area contributed by atoms with E-state index in [9.17, 15) is 23.1 Å². The van der Waals surface area contributed by atoms with Crippen molar-refractivity contribution in [1.82, 2.24) is 4.98 Å². The molecule has 3 rings (SSSR count). The van der Waals surface area contributed by atoms with Gasteiger partial charge in [0.15, 0.2) is 6.10 Å². The van der Waals surface area contributed by atoms with Crippen molar-refractivity contribution in [1.29, 1.82) is 0 Å². The van der Waals surface area contributed by atoms with Crippen molar-refractivity contribution in [2.24, 2.45) is 0 Å². The van der Waals surface area contributed by atoms with E-state index in [4.69, 9.17) is 0 Å². The molecule has 0 saturated carbocycles. The second-order valence-electron chi connectivity index (χ2n) is 6.90. The molecule has 1 aromatic heterocycles. The number of benzene rings is 2. The number of hydrogen-bond donors (Lipinski definition) is 1. The minimum absolute atomic E-state index is 0.192. The molecule has 1 N–H and O–H groups in total. The van der Waals surface area contributed by atoms with Crippen LogP contribution in [0.5, 0.6) is 0 Å². The van der Waals surface area contributed by atoms with Crippen molar-refractivity contribution in [2.75, 3.05) is 11.4 Å². The van der Waals surface area contributed by atoms with E-state index in [1.807, 2.05) is 0 Å². The maximum Gasteiger partial charge on any atom is 0.416 e. The zero-order valence-corrected chi connectivity index (χ0v) is 16.3. The van der Waals surface area contributed by atoms with Gasteiger partial charge in [0, 0.05) is 24.1 Å². The van der Waals surface area contributed by atoms with Crippen molar-refractivity contribution in [3.8, 4) is 0 Å². The molecule has 7 heteroatoms. The average Bonchev–Trinajstić information content (AvgIpc) is 2.73. The fraction of sp³-hybridized carbons (Fsp3) is 0.217. The molecule has 30 heavy (non-hydrogen) atoms. The molecule has 3 aromatic rings. The third-order valence-electron chi connectivity index (χ3n) is 4.71. The quantitative estimate of drug-likeness (QED) is 0.635. The highest BCUT2D eigenvalue weighted by Crippen LogP contribution is 2.29. The lowest BCUT2D eigenvalue weighted by Crippen LogP contribution is -2.37. The Morgan fingerprint density at radius 3 is 2.33 bits per heavy atom. The highest BCUT2D eigenvalue weighted by molar-refractivity contribution is 5.97. The largest absolute Gasteiger partial charge is 0.416 e. The van der Waals surface area contributed by atoms with Gasteiger partial charge in [0.1, 0.15) is 0 Å². The van der Waals surface area contributed by atoms with Crippen LogP contribution in [-0.2, 0) is 17.4 Å². The van der Waals surface area contributed by atoms with Gasteiger partial charge in [0.2, 0.25) is 0 Å². The first kappa shape index (κ1) is 21.5. The normalized spacial score (nSPS) is 12.4. The van der Waals surface area contributed by atoms with Crippen LogP contribution in [0.1, 0.15) is 28.5 Å². The van der Waals surface area contributed by atoms with E-state index >= 15 is 0 Å². The summed E-state index contributed by atoms with van der Waals surface area (Å²) in [5.41, 5.74) is 1.67. The predicted molar refractivity (Wildman–Crippen MR) is 108 cm³/mol. The molecular weight excluding hydrogens is 393 g/mol. The number of hydrogen-bond acceptors (Lipinski definition) is 3. The smallest absolute Gasteiger partial charge is 0.378 e. The standard InChI is InChI=1S/C23H21F3N2O2/c1-16-15-20(11-13-27-16)28(22(30)21(29)18-5-3-2-4-6-18)14-12-17-7-9-19(10-8-17)23(24,25)26/h2-11,13,15,21,29H,12,14H2,1H3. The lowest BCUT2D eigenvalue weighted by molar-refractivity contribution is -0.137. The molecule has 1 heterocycles. The number of carbonyl (C=O) groups is 1. The van der Waals surface area contributed by atoms with Gasteiger partial charge in [-0.25, -0.2) is 0 Å². The number of anilines is 1. The van der Waals surface area contributed by atoms with Crippen molar-refractivity contribution in [3.63, 3.8) is 0 Å². The summed E-state index contributed by atoms with van der Waals surface area (Å²) in [7, 11) is 0. The summed E-state index contributed by atoms with van der Waals surface area (Å²) in [5, 5.41) is 10.6. The summed E-state index contributed by atoms with van der Waals surface area (Å²) in [6.07, 6.45) is -3.85. The van der Waals surface area contributed by atoms with Gasteiger partial charge >= 0.3 is 6.18 Å². The minimum Gasteiger partial charge on any atom is -0.378 e. The Bertz CT molecular complexity index is 989. The molecule has 0 saturated heterocycles. The van der Waals surface area contributed by atoms with Gasteiger partial charge in [0.25, 0.3) is 5.91 Å². The number of amides is 1. The Kier molecular flexibility index (Phi) is 6.52. The Balaban J connectivity index is 1.82. The predicted octanol–water partition coefficient (Wildman–Crippen LogP) is 4.72. The molecule has 4 nitrogen and oxygen atoms in total. The monoisotopic (exact) mass is 414 g/mol. The van der Waals surface area contributed by atoms with Crippen molar-refractivity contribution in [3.05, 3.63) is 95.3 Å². The van der Waals surface area contributed by atoms with Gasteiger partial charge in [-0.3, -0.25) is 9.78 Å². The second kappa shape index (κ2) is 9.09. The van der Waals surface area contributed by atoms with Crippen LogP contribution in [0.3, 0.4) is 0 Å². The fourth-order valence-electron chi connectivity index (χ4n) is 3.09. The number of rotatable bonds is 6. The van der Waals surface area contributed by atoms with Crippen molar-refractivity contribution in [2.45, 2.75) is 25.6 Å². The zero-order valence-electron chi connectivity index (χ0n) is 16.3. The topological polar surface area (TPSA) is 53.4 Å². The second-order valence-corrected chi connectivity index (χ2v) is 6.90.